The Morgan fingerprint density at radius 3 is 2.52 bits per heavy atom. The highest BCUT2D eigenvalue weighted by atomic mass is 16.5. The molecule has 1 saturated heterocycles. The van der Waals surface area contributed by atoms with Gasteiger partial charge in [-0.05, 0) is 37.1 Å². The van der Waals surface area contributed by atoms with Gasteiger partial charge in [-0.1, -0.05) is 13.8 Å². The van der Waals surface area contributed by atoms with Crippen LogP contribution in [0.3, 0.4) is 0 Å². The van der Waals surface area contributed by atoms with E-state index in [1.54, 1.807) is 4.90 Å². The zero-order valence-corrected chi connectivity index (χ0v) is 12.6. The predicted molar refractivity (Wildman–Crippen MR) is 82.3 cm³/mol. The van der Waals surface area contributed by atoms with Crippen LogP contribution < -0.4 is 10.2 Å². The van der Waals surface area contributed by atoms with Gasteiger partial charge in [-0.15, -0.1) is 0 Å². The van der Waals surface area contributed by atoms with Gasteiger partial charge < -0.3 is 15.0 Å². The van der Waals surface area contributed by atoms with Gasteiger partial charge in [0.15, 0.2) is 0 Å². The Balaban J connectivity index is 2.01. The average Bonchev–Trinajstić information content (AvgIpc) is 2.50. The highest BCUT2D eigenvalue weighted by molar-refractivity contribution is 5.96. The van der Waals surface area contributed by atoms with E-state index in [-0.39, 0.29) is 24.3 Å². The van der Waals surface area contributed by atoms with E-state index < -0.39 is 0 Å². The molecule has 2 amide bonds. The van der Waals surface area contributed by atoms with Crippen molar-refractivity contribution in [3.63, 3.8) is 0 Å². The number of anilines is 2. The lowest BCUT2D eigenvalue weighted by Crippen LogP contribution is -2.41. The number of hydrogen-bond donors (Lipinski definition) is 1. The lowest BCUT2D eigenvalue weighted by molar-refractivity contribution is -0.125. The molecule has 1 aromatic carbocycles. The lowest BCUT2D eigenvalue weighted by atomic mass is 10.0. The number of nitrogens with zero attached hydrogens (tertiary/aromatic N) is 1. The van der Waals surface area contributed by atoms with Crippen LogP contribution in [0.15, 0.2) is 24.3 Å². The second kappa shape index (κ2) is 7.22. The summed E-state index contributed by atoms with van der Waals surface area (Å²) < 4.78 is 5.11. The Bertz CT molecular complexity index is 495. The summed E-state index contributed by atoms with van der Waals surface area (Å²) in [6.07, 6.45) is 1.67. The van der Waals surface area contributed by atoms with E-state index >= 15 is 0 Å². The quantitative estimate of drug-likeness (QED) is 0.906. The first-order valence-corrected chi connectivity index (χ1v) is 7.44. The number of carbonyl (C=O) groups is 2. The molecule has 5 heteroatoms. The Labute approximate surface area is 125 Å². The van der Waals surface area contributed by atoms with E-state index in [4.69, 9.17) is 4.74 Å². The highest BCUT2D eigenvalue weighted by Gasteiger charge is 2.20. The fourth-order valence-electron chi connectivity index (χ4n) is 2.42. The summed E-state index contributed by atoms with van der Waals surface area (Å²) in [5.41, 5.74) is 1.60. The third-order valence-corrected chi connectivity index (χ3v) is 3.79. The van der Waals surface area contributed by atoms with Gasteiger partial charge in [0, 0.05) is 23.8 Å². The first kappa shape index (κ1) is 15.5. The molecule has 2 rings (SSSR count). The van der Waals surface area contributed by atoms with Crippen molar-refractivity contribution in [2.75, 3.05) is 30.0 Å². The van der Waals surface area contributed by atoms with Gasteiger partial charge in [-0.25, -0.2) is 0 Å². The van der Waals surface area contributed by atoms with Crippen molar-refractivity contribution in [1.82, 2.24) is 0 Å². The summed E-state index contributed by atoms with van der Waals surface area (Å²) in [5.74, 6) is 0.0655. The van der Waals surface area contributed by atoms with Crippen molar-refractivity contribution < 1.29 is 14.3 Å². The molecule has 0 aliphatic carbocycles. The largest absolute Gasteiger partial charge is 0.370 e. The number of ether oxygens (including phenoxy) is 1. The van der Waals surface area contributed by atoms with Gasteiger partial charge in [0.25, 0.3) is 5.91 Å². The average molecular weight is 290 g/mol. The Morgan fingerprint density at radius 2 is 1.95 bits per heavy atom. The van der Waals surface area contributed by atoms with Crippen molar-refractivity contribution in [3.05, 3.63) is 24.3 Å². The Kier molecular flexibility index (Phi) is 5.33. The van der Waals surface area contributed by atoms with Crippen LogP contribution >= 0.6 is 0 Å². The zero-order chi connectivity index (χ0) is 15.2. The number of morpholine rings is 1. The summed E-state index contributed by atoms with van der Waals surface area (Å²) >= 11 is 0. The fourth-order valence-corrected chi connectivity index (χ4v) is 2.42. The third kappa shape index (κ3) is 3.82. The van der Waals surface area contributed by atoms with E-state index in [2.05, 4.69) is 5.32 Å². The standard InChI is InChI=1S/C16H22N2O3/c1-3-12(4-2)16(20)17-13-5-7-14(8-6-13)18-9-10-21-11-15(18)19/h5-8,12H,3-4,9-11H2,1-2H3,(H,17,20). The zero-order valence-electron chi connectivity index (χ0n) is 12.6. The molecule has 1 aliphatic heterocycles. The first-order valence-electron chi connectivity index (χ1n) is 7.44. The normalized spacial score (nSPS) is 15.4. The SMILES string of the molecule is CCC(CC)C(=O)Nc1ccc(N2CCOCC2=O)cc1. The summed E-state index contributed by atoms with van der Waals surface area (Å²) in [7, 11) is 0. The molecule has 1 heterocycles. The van der Waals surface area contributed by atoms with Crippen LogP contribution in [0.2, 0.25) is 0 Å². The van der Waals surface area contributed by atoms with E-state index in [9.17, 15) is 9.59 Å². The molecule has 21 heavy (non-hydrogen) atoms. The van der Waals surface area contributed by atoms with E-state index in [0.29, 0.717) is 13.2 Å². The molecule has 0 unspecified atom stereocenters. The summed E-state index contributed by atoms with van der Waals surface area (Å²) in [4.78, 5) is 25.5. The molecule has 0 bridgehead atoms. The number of carbonyl (C=O) groups excluding carboxylic acids is 2. The smallest absolute Gasteiger partial charge is 0.253 e. The van der Waals surface area contributed by atoms with Crippen LogP contribution in [0.5, 0.6) is 0 Å². The van der Waals surface area contributed by atoms with Crippen LogP contribution in [0.1, 0.15) is 26.7 Å². The van der Waals surface area contributed by atoms with Crippen LogP contribution in [-0.2, 0) is 14.3 Å². The lowest BCUT2D eigenvalue weighted by Gasteiger charge is -2.27. The number of hydrogen-bond acceptors (Lipinski definition) is 3. The fraction of sp³-hybridized carbons (Fsp3) is 0.500. The molecule has 1 aliphatic rings. The minimum absolute atomic E-state index is 0.0323. The molecule has 114 valence electrons. The van der Waals surface area contributed by atoms with Gasteiger partial charge in [-0.3, -0.25) is 9.59 Å². The summed E-state index contributed by atoms with van der Waals surface area (Å²) in [6, 6.07) is 7.37. The Morgan fingerprint density at radius 1 is 1.29 bits per heavy atom. The van der Waals surface area contributed by atoms with Crippen LogP contribution in [-0.4, -0.2) is 31.6 Å². The first-order chi connectivity index (χ1) is 10.2. The molecule has 0 saturated carbocycles. The van der Waals surface area contributed by atoms with Crippen molar-refractivity contribution in [2.24, 2.45) is 5.92 Å². The monoisotopic (exact) mass is 290 g/mol. The van der Waals surface area contributed by atoms with Crippen LogP contribution in [0.4, 0.5) is 11.4 Å². The second-order valence-electron chi connectivity index (χ2n) is 5.15. The maximum absolute atomic E-state index is 12.0. The van der Waals surface area contributed by atoms with E-state index in [1.807, 2.05) is 38.1 Å². The molecular formula is C16H22N2O3. The molecule has 0 spiro atoms. The van der Waals surface area contributed by atoms with E-state index in [1.165, 1.54) is 0 Å². The van der Waals surface area contributed by atoms with Gasteiger partial charge in [0.2, 0.25) is 5.91 Å². The van der Waals surface area contributed by atoms with Gasteiger partial charge >= 0.3 is 0 Å². The van der Waals surface area contributed by atoms with Gasteiger partial charge in [0.1, 0.15) is 6.61 Å². The van der Waals surface area contributed by atoms with Crippen molar-refractivity contribution in [1.29, 1.82) is 0 Å². The number of rotatable bonds is 5. The molecule has 1 aromatic rings. The van der Waals surface area contributed by atoms with E-state index in [0.717, 1.165) is 24.2 Å². The van der Waals surface area contributed by atoms with Crippen LogP contribution in [0, 0.1) is 5.92 Å². The minimum atomic E-state index is -0.0323. The molecule has 5 nitrogen and oxygen atoms in total. The van der Waals surface area contributed by atoms with Crippen LogP contribution in [0.25, 0.3) is 0 Å². The maximum atomic E-state index is 12.0. The maximum Gasteiger partial charge on any atom is 0.253 e. The predicted octanol–water partition coefficient (Wildman–Crippen LogP) is 2.42. The second-order valence-corrected chi connectivity index (χ2v) is 5.15. The van der Waals surface area contributed by atoms with Crippen molar-refractivity contribution in [3.8, 4) is 0 Å². The topological polar surface area (TPSA) is 58.6 Å². The molecular weight excluding hydrogens is 268 g/mol. The molecule has 1 fully saturated rings. The third-order valence-electron chi connectivity index (χ3n) is 3.79. The number of amides is 2. The highest BCUT2D eigenvalue weighted by Crippen LogP contribution is 2.20. The minimum Gasteiger partial charge on any atom is -0.370 e. The number of nitrogens with one attached hydrogen (secondary N) is 1. The summed E-state index contributed by atoms with van der Waals surface area (Å²) in [6.45, 7) is 5.28. The molecule has 0 atom stereocenters. The van der Waals surface area contributed by atoms with Crippen molar-refractivity contribution in [2.45, 2.75) is 26.7 Å². The van der Waals surface area contributed by atoms with Gasteiger partial charge in [0.05, 0.1) is 6.61 Å². The number of benzene rings is 1. The summed E-state index contributed by atoms with van der Waals surface area (Å²) in [5, 5.41) is 2.92. The molecule has 0 radical (unpaired) electrons. The Hall–Kier alpha value is -1.88. The van der Waals surface area contributed by atoms with Crippen molar-refractivity contribution >= 4 is 23.2 Å². The molecule has 1 N–H and O–H groups in total. The molecule has 0 aromatic heterocycles. The van der Waals surface area contributed by atoms with Gasteiger partial charge in [-0.2, -0.15) is 0 Å².